The summed E-state index contributed by atoms with van der Waals surface area (Å²) in [5.74, 6) is 2.79. The zero-order valence-electron chi connectivity index (χ0n) is 9.76. The lowest BCUT2D eigenvalue weighted by atomic mass is 10.1. The Hall–Kier alpha value is -1.69. The topological polar surface area (TPSA) is 58.4 Å². The Morgan fingerprint density at radius 3 is 2.12 bits per heavy atom. The van der Waals surface area contributed by atoms with Crippen LogP contribution >= 0.6 is 0 Å². The molecule has 1 amide bonds. The first kappa shape index (κ1) is 13.4. The second kappa shape index (κ2) is 5.58. The molecular weight excluding hydrogens is 228 g/mol. The number of amides is 1. The largest absolute Gasteiger partial charge is 0.339 e. The van der Waals surface area contributed by atoms with Gasteiger partial charge in [0.05, 0.1) is 0 Å². The first-order chi connectivity index (χ1) is 8.04. The van der Waals surface area contributed by atoms with E-state index in [2.05, 4.69) is 0 Å². The van der Waals surface area contributed by atoms with Gasteiger partial charge in [0, 0.05) is 18.7 Å². The summed E-state index contributed by atoms with van der Waals surface area (Å²) in [6.45, 7) is 4.55. The van der Waals surface area contributed by atoms with E-state index < -0.39 is 23.2 Å². The van der Waals surface area contributed by atoms with Gasteiger partial charge in [-0.05, 0) is 26.0 Å². The number of carbonyl (C=O) groups is 1. The summed E-state index contributed by atoms with van der Waals surface area (Å²) in [6.07, 6.45) is 0. The molecule has 0 unspecified atom stereocenters. The molecule has 0 heterocycles. The lowest BCUT2D eigenvalue weighted by Gasteiger charge is -2.19. The number of halogens is 2. The quantitative estimate of drug-likeness (QED) is 0.625. The maximum absolute atomic E-state index is 13.4. The predicted molar refractivity (Wildman–Crippen MR) is 61.4 cm³/mol. The Balaban J connectivity index is 3.12. The van der Waals surface area contributed by atoms with E-state index in [0.29, 0.717) is 13.1 Å². The Bertz CT molecular complexity index is 396. The molecule has 0 aliphatic carbocycles. The van der Waals surface area contributed by atoms with Crippen LogP contribution in [0.25, 0.3) is 0 Å². The summed E-state index contributed by atoms with van der Waals surface area (Å²) in [7, 11) is 0. The molecule has 0 bridgehead atoms. The highest BCUT2D eigenvalue weighted by Crippen LogP contribution is 2.20. The normalized spacial score (nSPS) is 10.2. The number of nitrogens with two attached hydrogens (primary N) is 1. The molecule has 17 heavy (non-hydrogen) atoms. The Morgan fingerprint density at radius 1 is 1.29 bits per heavy atom. The standard InChI is InChI=1S/C11H15F2N3O/c1-3-16(4-2)11(17)7-5-8(12)10(15-14)9(13)6-7/h5-6,15H,3-4,14H2,1-2H3. The van der Waals surface area contributed by atoms with Crippen molar-refractivity contribution >= 4 is 11.6 Å². The number of carbonyl (C=O) groups excluding carboxylic acids is 1. The molecule has 0 saturated heterocycles. The zero-order chi connectivity index (χ0) is 13.0. The summed E-state index contributed by atoms with van der Waals surface area (Å²) >= 11 is 0. The van der Waals surface area contributed by atoms with Crippen LogP contribution in [0.15, 0.2) is 12.1 Å². The van der Waals surface area contributed by atoms with E-state index in [-0.39, 0.29) is 5.56 Å². The van der Waals surface area contributed by atoms with Crippen molar-refractivity contribution in [2.45, 2.75) is 13.8 Å². The van der Waals surface area contributed by atoms with Crippen LogP contribution in [-0.4, -0.2) is 23.9 Å². The van der Waals surface area contributed by atoms with Crippen LogP contribution in [0.3, 0.4) is 0 Å². The van der Waals surface area contributed by atoms with Gasteiger partial charge in [0.25, 0.3) is 5.91 Å². The van der Waals surface area contributed by atoms with Gasteiger partial charge in [-0.3, -0.25) is 10.6 Å². The molecule has 0 aliphatic rings. The van der Waals surface area contributed by atoms with Gasteiger partial charge in [0.1, 0.15) is 5.69 Å². The molecule has 6 heteroatoms. The van der Waals surface area contributed by atoms with Crippen molar-refractivity contribution in [1.29, 1.82) is 0 Å². The lowest BCUT2D eigenvalue weighted by molar-refractivity contribution is 0.0772. The number of nitrogens with one attached hydrogen (secondary N) is 1. The Kier molecular flexibility index (Phi) is 4.39. The highest BCUT2D eigenvalue weighted by atomic mass is 19.1. The van der Waals surface area contributed by atoms with Crippen LogP contribution in [0.4, 0.5) is 14.5 Å². The molecule has 0 atom stereocenters. The summed E-state index contributed by atoms with van der Waals surface area (Å²) in [6, 6.07) is 1.94. The van der Waals surface area contributed by atoms with Crippen molar-refractivity contribution in [3.63, 3.8) is 0 Å². The smallest absolute Gasteiger partial charge is 0.254 e. The summed E-state index contributed by atoms with van der Waals surface area (Å²) in [5.41, 5.74) is 1.44. The molecular formula is C11H15F2N3O. The zero-order valence-corrected chi connectivity index (χ0v) is 9.76. The molecule has 0 spiro atoms. The molecule has 4 nitrogen and oxygen atoms in total. The van der Waals surface area contributed by atoms with Crippen LogP contribution in [0, 0.1) is 11.6 Å². The highest BCUT2D eigenvalue weighted by molar-refractivity contribution is 5.94. The van der Waals surface area contributed by atoms with Crippen molar-refractivity contribution < 1.29 is 13.6 Å². The maximum Gasteiger partial charge on any atom is 0.254 e. The van der Waals surface area contributed by atoms with Gasteiger partial charge in [-0.1, -0.05) is 0 Å². The summed E-state index contributed by atoms with van der Waals surface area (Å²) in [4.78, 5) is 13.3. The van der Waals surface area contributed by atoms with E-state index in [4.69, 9.17) is 5.84 Å². The number of anilines is 1. The van der Waals surface area contributed by atoms with E-state index >= 15 is 0 Å². The maximum atomic E-state index is 13.4. The predicted octanol–water partition coefficient (Wildman–Crippen LogP) is 1.73. The number of hydrazine groups is 1. The molecule has 1 aromatic carbocycles. The monoisotopic (exact) mass is 243 g/mol. The fraction of sp³-hybridized carbons (Fsp3) is 0.364. The number of nitrogens with zero attached hydrogens (tertiary/aromatic N) is 1. The van der Waals surface area contributed by atoms with Gasteiger partial charge in [-0.2, -0.15) is 0 Å². The van der Waals surface area contributed by atoms with Gasteiger partial charge in [0.2, 0.25) is 0 Å². The number of hydrogen-bond acceptors (Lipinski definition) is 3. The van der Waals surface area contributed by atoms with Crippen LogP contribution in [0.2, 0.25) is 0 Å². The van der Waals surface area contributed by atoms with Crippen LogP contribution in [-0.2, 0) is 0 Å². The molecule has 0 saturated carbocycles. The van der Waals surface area contributed by atoms with E-state index in [1.807, 2.05) is 5.43 Å². The summed E-state index contributed by atoms with van der Waals surface area (Å²) < 4.78 is 26.8. The van der Waals surface area contributed by atoms with Gasteiger partial charge < -0.3 is 10.3 Å². The third-order valence-corrected chi connectivity index (χ3v) is 2.48. The average Bonchev–Trinajstić information content (AvgIpc) is 2.30. The molecule has 1 rings (SSSR count). The van der Waals surface area contributed by atoms with Crippen LogP contribution < -0.4 is 11.3 Å². The summed E-state index contributed by atoms with van der Waals surface area (Å²) in [5, 5.41) is 0. The number of nitrogen functional groups attached to an aromatic ring is 1. The minimum atomic E-state index is -0.886. The van der Waals surface area contributed by atoms with Gasteiger partial charge in [-0.15, -0.1) is 0 Å². The van der Waals surface area contributed by atoms with Crippen molar-refractivity contribution in [3.8, 4) is 0 Å². The lowest BCUT2D eigenvalue weighted by Crippen LogP contribution is -2.30. The third-order valence-electron chi connectivity index (χ3n) is 2.48. The Morgan fingerprint density at radius 2 is 1.76 bits per heavy atom. The van der Waals surface area contributed by atoms with Crippen molar-refractivity contribution in [2.75, 3.05) is 18.5 Å². The first-order valence-electron chi connectivity index (χ1n) is 5.30. The average molecular weight is 243 g/mol. The van der Waals surface area contributed by atoms with Gasteiger partial charge in [0.15, 0.2) is 11.6 Å². The number of hydrogen-bond donors (Lipinski definition) is 2. The van der Waals surface area contributed by atoms with Crippen LogP contribution in [0.1, 0.15) is 24.2 Å². The van der Waals surface area contributed by atoms with E-state index in [1.54, 1.807) is 13.8 Å². The first-order valence-corrected chi connectivity index (χ1v) is 5.30. The minimum absolute atomic E-state index is 0.0253. The Labute approximate surface area is 98.4 Å². The SMILES string of the molecule is CCN(CC)C(=O)c1cc(F)c(NN)c(F)c1. The number of rotatable bonds is 4. The van der Waals surface area contributed by atoms with Gasteiger partial charge >= 0.3 is 0 Å². The van der Waals surface area contributed by atoms with Crippen LogP contribution in [0.5, 0.6) is 0 Å². The molecule has 94 valence electrons. The molecule has 1 aromatic rings. The molecule has 0 aliphatic heterocycles. The molecule has 3 N–H and O–H groups in total. The van der Waals surface area contributed by atoms with Crippen molar-refractivity contribution in [3.05, 3.63) is 29.3 Å². The highest BCUT2D eigenvalue weighted by Gasteiger charge is 2.17. The van der Waals surface area contributed by atoms with E-state index in [0.717, 1.165) is 12.1 Å². The fourth-order valence-corrected chi connectivity index (χ4v) is 1.53. The van der Waals surface area contributed by atoms with E-state index in [9.17, 15) is 13.6 Å². The molecule has 0 fully saturated rings. The fourth-order valence-electron chi connectivity index (χ4n) is 1.53. The van der Waals surface area contributed by atoms with Gasteiger partial charge in [-0.25, -0.2) is 8.78 Å². The van der Waals surface area contributed by atoms with Crippen molar-refractivity contribution in [2.24, 2.45) is 5.84 Å². The third kappa shape index (κ3) is 2.71. The minimum Gasteiger partial charge on any atom is -0.339 e. The molecule has 0 radical (unpaired) electrons. The second-order valence-electron chi connectivity index (χ2n) is 3.44. The number of benzene rings is 1. The van der Waals surface area contributed by atoms with E-state index in [1.165, 1.54) is 4.90 Å². The van der Waals surface area contributed by atoms with Crippen molar-refractivity contribution in [1.82, 2.24) is 4.90 Å². The molecule has 0 aromatic heterocycles. The second-order valence-corrected chi connectivity index (χ2v) is 3.44.